The number of carbonyl (C=O) groups is 1. The SMILES string of the molecule is COc1ccc(S(=O)(=O)N[C@H](C)C(=O)N[C@H](C)c2ccccc2)cc1Cl. The van der Waals surface area contributed by atoms with Gasteiger partial charge in [0, 0.05) is 0 Å². The van der Waals surface area contributed by atoms with E-state index >= 15 is 0 Å². The van der Waals surface area contributed by atoms with Crippen LogP contribution in [0.5, 0.6) is 5.75 Å². The molecule has 0 spiro atoms. The zero-order valence-electron chi connectivity index (χ0n) is 14.7. The number of methoxy groups -OCH3 is 1. The maximum atomic E-state index is 12.5. The van der Waals surface area contributed by atoms with Crippen LogP contribution in [0, 0.1) is 0 Å². The normalized spacial score (nSPS) is 13.7. The van der Waals surface area contributed by atoms with E-state index in [4.69, 9.17) is 16.3 Å². The van der Waals surface area contributed by atoms with Crippen LogP contribution in [0.4, 0.5) is 0 Å². The van der Waals surface area contributed by atoms with E-state index in [1.54, 1.807) is 0 Å². The van der Waals surface area contributed by atoms with E-state index in [1.165, 1.54) is 32.2 Å². The molecule has 0 saturated carbocycles. The molecule has 140 valence electrons. The van der Waals surface area contributed by atoms with Crippen molar-refractivity contribution >= 4 is 27.5 Å². The lowest BCUT2D eigenvalue weighted by Crippen LogP contribution is -2.45. The third kappa shape index (κ3) is 4.97. The zero-order valence-corrected chi connectivity index (χ0v) is 16.3. The van der Waals surface area contributed by atoms with Gasteiger partial charge in [-0.15, -0.1) is 0 Å². The summed E-state index contributed by atoms with van der Waals surface area (Å²) in [4.78, 5) is 12.3. The number of nitrogens with one attached hydrogen (secondary N) is 2. The molecule has 1 amide bonds. The highest BCUT2D eigenvalue weighted by molar-refractivity contribution is 7.89. The first-order chi connectivity index (χ1) is 12.2. The van der Waals surface area contributed by atoms with Gasteiger partial charge < -0.3 is 10.1 Å². The van der Waals surface area contributed by atoms with E-state index in [-0.39, 0.29) is 16.0 Å². The Morgan fingerprint density at radius 2 is 1.77 bits per heavy atom. The van der Waals surface area contributed by atoms with E-state index in [0.717, 1.165) is 5.56 Å². The van der Waals surface area contributed by atoms with Crippen LogP contribution in [0.1, 0.15) is 25.5 Å². The standard InChI is InChI=1S/C18H21ClN2O4S/c1-12(14-7-5-4-6-8-14)20-18(22)13(2)21-26(23,24)15-9-10-17(25-3)16(19)11-15/h4-13,21H,1-3H3,(H,20,22)/t12-,13-/m1/s1. The van der Waals surface area contributed by atoms with Gasteiger partial charge in [0.15, 0.2) is 0 Å². The third-order valence-electron chi connectivity index (χ3n) is 3.82. The van der Waals surface area contributed by atoms with Crippen molar-refractivity contribution in [3.63, 3.8) is 0 Å². The average molecular weight is 397 g/mol. The molecule has 0 heterocycles. The molecule has 8 heteroatoms. The van der Waals surface area contributed by atoms with Crippen molar-refractivity contribution in [2.45, 2.75) is 30.8 Å². The van der Waals surface area contributed by atoms with Crippen LogP contribution in [0.25, 0.3) is 0 Å². The largest absolute Gasteiger partial charge is 0.495 e. The molecule has 0 aliphatic carbocycles. The number of hydrogen-bond donors (Lipinski definition) is 2. The molecular weight excluding hydrogens is 376 g/mol. The van der Waals surface area contributed by atoms with Gasteiger partial charge in [-0.3, -0.25) is 4.79 Å². The number of ether oxygens (including phenoxy) is 1. The lowest BCUT2D eigenvalue weighted by molar-refractivity contribution is -0.123. The van der Waals surface area contributed by atoms with Crippen molar-refractivity contribution in [3.05, 3.63) is 59.1 Å². The number of benzene rings is 2. The predicted octanol–water partition coefficient (Wildman–Crippen LogP) is 2.89. The molecule has 0 fully saturated rings. The van der Waals surface area contributed by atoms with Gasteiger partial charge in [0.1, 0.15) is 5.75 Å². The van der Waals surface area contributed by atoms with E-state index in [1.807, 2.05) is 37.3 Å². The second kappa shape index (κ2) is 8.53. The summed E-state index contributed by atoms with van der Waals surface area (Å²) in [7, 11) is -2.46. The summed E-state index contributed by atoms with van der Waals surface area (Å²) < 4.78 is 32.3. The maximum Gasteiger partial charge on any atom is 0.241 e. The molecule has 2 atom stereocenters. The second-order valence-corrected chi connectivity index (χ2v) is 7.90. The monoisotopic (exact) mass is 396 g/mol. The third-order valence-corrected chi connectivity index (χ3v) is 5.65. The molecular formula is C18H21ClN2O4S. The molecule has 26 heavy (non-hydrogen) atoms. The van der Waals surface area contributed by atoms with E-state index < -0.39 is 22.0 Å². The molecule has 0 aliphatic rings. The van der Waals surface area contributed by atoms with E-state index in [2.05, 4.69) is 10.0 Å². The minimum atomic E-state index is -3.90. The summed E-state index contributed by atoms with van der Waals surface area (Å²) >= 11 is 5.97. The Bertz CT molecular complexity index is 872. The fourth-order valence-corrected chi connectivity index (χ4v) is 3.88. The zero-order chi connectivity index (χ0) is 19.3. The fraction of sp³-hybridized carbons (Fsp3) is 0.278. The molecule has 6 nitrogen and oxygen atoms in total. The first kappa shape index (κ1) is 20.2. The minimum Gasteiger partial charge on any atom is -0.495 e. The maximum absolute atomic E-state index is 12.5. The number of carbonyl (C=O) groups excluding carboxylic acids is 1. The Kier molecular flexibility index (Phi) is 6.63. The van der Waals surface area contributed by atoms with Crippen LogP contribution in [-0.2, 0) is 14.8 Å². The number of hydrogen-bond acceptors (Lipinski definition) is 4. The van der Waals surface area contributed by atoms with Gasteiger partial charge >= 0.3 is 0 Å². The molecule has 0 aromatic heterocycles. The van der Waals surface area contributed by atoms with Crippen LogP contribution < -0.4 is 14.8 Å². The molecule has 0 bridgehead atoms. The number of amides is 1. The van der Waals surface area contributed by atoms with Crippen molar-refractivity contribution in [3.8, 4) is 5.75 Å². The smallest absolute Gasteiger partial charge is 0.241 e. The lowest BCUT2D eigenvalue weighted by Gasteiger charge is -2.19. The Morgan fingerprint density at radius 3 is 2.35 bits per heavy atom. The summed E-state index contributed by atoms with van der Waals surface area (Å²) in [6.07, 6.45) is 0. The van der Waals surface area contributed by atoms with Gasteiger partial charge in [-0.1, -0.05) is 41.9 Å². The van der Waals surface area contributed by atoms with E-state index in [9.17, 15) is 13.2 Å². The molecule has 2 N–H and O–H groups in total. The first-order valence-electron chi connectivity index (χ1n) is 7.96. The van der Waals surface area contributed by atoms with Crippen LogP contribution in [-0.4, -0.2) is 27.5 Å². The van der Waals surface area contributed by atoms with Crippen LogP contribution in [0.3, 0.4) is 0 Å². The molecule has 0 saturated heterocycles. The predicted molar refractivity (Wildman–Crippen MR) is 101 cm³/mol. The van der Waals surface area contributed by atoms with Crippen LogP contribution in [0.2, 0.25) is 5.02 Å². The van der Waals surface area contributed by atoms with Crippen molar-refractivity contribution in [1.29, 1.82) is 0 Å². The Morgan fingerprint density at radius 1 is 1.12 bits per heavy atom. The molecule has 0 radical (unpaired) electrons. The molecule has 0 unspecified atom stereocenters. The van der Waals surface area contributed by atoms with Crippen LogP contribution in [0.15, 0.2) is 53.4 Å². The highest BCUT2D eigenvalue weighted by Crippen LogP contribution is 2.26. The molecule has 2 aromatic rings. The van der Waals surface area contributed by atoms with Gasteiger partial charge in [-0.05, 0) is 37.6 Å². The summed E-state index contributed by atoms with van der Waals surface area (Å²) in [6.45, 7) is 3.31. The Labute approximate surface area is 158 Å². The van der Waals surface area contributed by atoms with Gasteiger partial charge in [-0.25, -0.2) is 8.42 Å². The van der Waals surface area contributed by atoms with Crippen molar-refractivity contribution in [2.75, 3.05) is 7.11 Å². The average Bonchev–Trinajstić information content (AvgIpc) is 2.61. The summed E-state index contributed by atoms with van der Waals surface area (Å²) in [6, 6.07) is 12.3. The number of halogens is 1. The van der Waals surface area contributed by atoms with Gasteiger partial charge in [0.2, 0.25) is 15.9 Å². The Hall–Kier alpha value is -2.09. The molecule has 0 aliphatic heterocycles. The highest BCUT2D eigenvalue weighted by atomic mass is 35.5. The lowest BCUT2D eigenvalue weighted by atomic mass is 10.1. The first-order valence-corrected chi connectivity index (χ1v) is 9.82. The van der Waals surface area contributed by atoms with Crippen molar-refractivity contribution in [1.82, 2.24) is 10.0 Å². The summed E-state index contributed by atoms with van der Waals surface area (Å²) in [5.74, 6) is -0.0577. The minimum absolute atomic E-state index is 0.0425. The quantitative estimate of drug-likeness (QED) is 0.753. The molecule has 2 aromatic carbocycles. The fourth-order valence-electron chi connectivity index (χ4n) is 2.33. The topological polar surface area (TPSA) is 84.5 Å². The van der Waals surface area contributed by atoms with Crippen LogP contribution >= 0.6 is 11.6 Å². The van der Waals surface area contributed by atoms with Gasteiger partial charge in [0.05, 0.1) is 29.1 Å². The molecule has 2 rings (SSSR count). The number of rotatable bonds is 7. The van der Waals surface area contributed by atoms with Gasteiger partial charge in [0.25, 0.3) is 0 Å². The van der Waals surface area contributed by atoms with Crippen molar-refractivity contribution < 1.29 is 17.9 Å². The van der Waals surface area contributed by atoms with Gasteiger partial charge in [-0.2, -0.15) is 4.72 Å². The number of sulfonamides is 1. The summed E-state index contributed by atoms with van der Waals surface area (Å²) in [5.41, 5.74) is 0.929. The van der Waals surface area contributed by atoms with Crippen molar-refractivity contribution in [2.24, 2.45) is 0 Å². The highest BCUT2D eigenvalue weighted by Gasteiger charge is 2.24. The van der Waals surface area contributed by atoms with E-state index in [0.29, 0.717) is 5.75 Å². The Balaban J connectivity index is 2.06. The summed E-state index contributed by atoms with van der Waals surface area (Å²) in [5, 5.41) is 2.96. The second-order valence-electron chi connectivity index (χ2n) is 5.78.